The Balaban J connectivity index is 1.56. The molecule has 2 aliphatic heterocycles. The third-order valence-electron chi connectivity index (χ3n) is 6.42. The van der Waals surface area contributed by atoms with Gasteiger partial charge in [0.25, 0.3) is 0 Å². The summed E-state index contributed by atoms with van der Waals surface area (Å²) in [6, 6.07) is 12.3. The number of benzene rings is 2. The normalized spacial score (nSPS) is 18.2. The number of ketones is 1. The van der Waals surface area contributed by atoms with Crippen LogP contribution in [-0.2, 0) is 4.74 Å². The molecule has 4 rings (SSSR count). The molecular weight excluding hydrogens is 467 g/mol. The monoisotopic (exact) mass is 500 g/mol. The lowest BCUT2D eigenvalue weighted by Gasteiger charge is -2.23. The van der Waals surface area contributed by atoms with Crippen molar-refractivity contribution in [2.75, 3.05) is 26.8 Å². The highest BCUT2D eigenvalue weighted by Gasteiger charge is 2.23. The minimum Gasteiger partial charge on any atom is -0.384 e. The highest BCUT2D eigenvalue weighted by Crippen LogP contribution is 2.28. The molecule has 1 unspecified atom stereocenters. The average molecular weight is 501 g/mol. The number of hydrogen-bond donors (Lipinski definition) is 0. The number of aryl methyl sites for hydroxylation is 1. The van der Waals surface area contributed by atoms with Crippen molar-refractivity contribution < 1.29 is 13.9 Å². The molecule has 2 aromatic rings. The zero-order valence-electron chi connectivity index (χ0n) is 21.6. The second kappa shape index (κ2) is 12.5. The first kappa shape index (κ1) is 26.4. The molecular formula is C30H33FN4O2. The smallest absolute Gasteiger partial charge is 0.189 e. The van der Waals surface area contributed by atoms with Crippen molar-refractivity contribution in [3.8, 4) is 0 Å². The number of ether oxygens (including phenoxy) is 1. The number of hydrazone groups is 1. The third kappa shape index (κ3) is 6.95. The van der Waals surface area contributed by atoms with Gasteiger partial charge < -0.3 is 4.74 Å². The van der Waals surface area contributed by atoms with E-state index >= 15 is 0 Å². The maximum absolute atomic E-state index is 13.9. The number of carbonyl (C=O) groups excluding carboxylic acids is 1. The molecule has 37 heavy (non-hydrogen) atoms. The van der Waals surface area contributed by atoms with Crippen molar-refractivity contribution in [2.45, 2.75) is 32.7 Å². The van der Waals surface area contributed by atoms with Gasteiger partial charge in [-0.2, -0.15) is 5.10 Å². The Kier molecular flexibility index (Phi) is 8.90. The van der Waals surface area contributed by atoms with Crippen LogP contribution in [0.3, 0.4) is 0 Å². The molecule has 0 spiro atoms. The molecule has 0 bridgehead atoms. The summed E-state index contributed by atoms with van der Waals surface area (Å²) in [5, 5.41) is 6.40. The molecule has 6 nitrogen and oxygen atoms in total. The number of Topliss-reactive ketones (excluding diaryl/α,β-unsaturated/α-hetero) is 1. The summed E-state index contributed by atoms with van der Waals surface area (Å²) in [4.78, 5) is 22.7. The van der Waals surface area contributed by atoms with Crippen LogP contribution in [0.2, 0.25) is 0 Å². The van der Waals surface area contributed by atoms with Crippen LogP contribution in [0, 0.1) is 18.7 Å². The molecule has 7 heteroatoms. The Bertz CT molecular complexity index is 1260. The van der Waals surface area contributed by atoms with Crippen LogP contribution < -0.4 is 0 Å². The number of nitrogens with zero attached hydrogens (tertiary/aromatic N) is 4. The molecule has 0 aliphatic carbocycles. The van der Waals surface area contributed by atoms with E-state index in [1.165, 1.54) is 12.1 Å². The van der Waals surface area contributed by atoms with E-state index in [2.05, 4.69) is 22.0 Å². The number of aliphatic imine (C=N–C) groups is 2. The third-order valence-corrected chi connectivity index (χ3v) is 6.42. The van der Waals surface area contributed by atoms with E-state index in [9.17, 15) is 9.18 Å². The highest BCUT2D eigenvalue weighted by atomic mass is 19.1. The zero-order chi connectivity index (χ0) is 26.2. The van der Waals surface area contributed by atoms with Crippen LogP contribution in [0.1, 0.15) is 52.9 Å². The van der Waals surface area contributed by atoms with Gasteiger partial charge in [0.2, 0.25) is 0 Å². The molecule has 0 saturated heterocycles. The second-order valence-electron chi connectivity index (χ2n) is 9.45. The van der Waals surface area contributed by atoms with E-state index in [0.717, 1.165) is 22.3 Å². The minimum absolute atomic E-state index is 0.00274. The van der Waals surface area contributed by atoms with Gasteiger partial charge in [-0.25, -0.2) is 4.39 Å². The van der Waals surface area contributed by atoms with Gasteiger partial charge in [0.05, 0.1) is 19.2 Å². The summed E-state index contributed by atoms with van der Waals surface area (Å²) in [5.74, 6) is -0.211. The lowest BCUT2D eigenvalue weighted by atomic mass is 9.90. The van der Waals surface area contributed by atoms with Crippen LogP contribution >= 0.6 is 0 Å². The number of halogens is 1. The number of methoxy groups -OCH3 is 1. The molecule has 2 atom stereocenters. The van der Waals surface area contributed by atoms with E-state index in [1.807, 2.05) is 48.6 Å². The summed E-state index contributed by atoms with van der Waals surface area (Å²) >= 11 is 0. The van der Waals surface area contributed by atoms with Gasteiger partial charge in [-0.1, -0.05) is 42.8 Å². The lowest BCUT2D eigenvalue weighted by molar-refractivity contribution is 0.102. The van der Waals surface area contributed by atoms with Crippen molar-refractivity contribution in [1.29, 1.82) is 0 Å². The van der Waals surface area contributed by atoms with E-state index in [4.69, 9.17) is 4.74 Å². The van der Waals surface area contributed by atoms with E-state index in [0.29, 0.717) is 43.7 Å². The van der Waals surface area contributed by atoms with E-state index in [-0.39, 0.29) is 23.6 Å². The first-order valence-electron chi connectivity index (χ1n) is 12.6. The van der Waals surface area contributed by atoms with Crippen LogP contribution in [0.15, 0.2) is 75.4 Å². The topological polar surface area (TPSA) is 66.6 Å². The maximum atomic E-state index is 13.9. The summed E-state index contributed by atoms with van der Waals surface area (Å²) in [7, 11) is 1.64. The summed E-state index contributed by atoms with van der Waals surface area (Å²) in [6.45, 7) is 5.65. The van der Waals surface area contributed by atoms with Crippen LogP contribution in [-0.4, -0.2) is 56.2 Å². The Hall–Kier alpha value is -3.71. The first-order valence-corrected chi connectivity index (χ1v) is 12.6. The zero-order valence-corrected chi connectivity index (χ0v) is 21.6. The average Bonchev–Trinajstić information content (AvgIpc) is 2.91. The van der Waals surface area contributed by atoms with Gasteiger partial charge >= 0.3 is 0 Å². The molecule has 0 fully saturated rings. The van der Waals surface area contributed by atoms with Gasteiger partial charge in [-0.3, -0.25) is 19.8 Å². The van der Waals surface area contributed by atoms with Crippen LogP contribution in [0.5, 0.6) is 0 Å². The Morgan fingerprint density at radius 1 is 1.22 bits per heavy atom. The van der Waals surface area contributed by atoms with Crippen molar-refractivity contribution in [1.82, 2.24) is 5.01 Å². The number of allylic oxidation sites excluding steroid dienone is 1. The fraction of sp³-hybridized carbons (Fsp3) is 0.333. The fourth-order valence-corrected chi connectivity index (χ4v) is 4.55. The lowest BCUT2D eigenvalue weighted by Crippen LogP contribution is -2.21. The molecule has 2 aliphatic rings. The number of hydrogen-bond acceptors (Lipinski definition) is 6. The Morgan fingerprint density at radius 3 is 2.76 bits per heavy atom. The van der Waals surface area contributed by atoms with Crippen molar-refractivity contribution in [3.05, 3.63) is 88.4 Å². The first-order chi connectivity index (χ1) is 17.9. The molecule has 0 aromatic heterocycles. The summed E-state index contributed by atoms with van der Waals surface area (Å²) in [6.07, 6.45) is 10.5. The number of carbonyl (C=O) groups is 1. The largest absolute Gasteiger partial charge is 0.384 e. The molecule has 192 valence electrons. The van der Waals surface area contributed by atoms with Crippen LogP contribution in [0.25, 0.3) is 5.57 Å². The maximum Gasteiger partial charge on any atom is 0.189 e. The molecule has 0 N–H and O–H groups in total. The fourth-order valence-electron chi connectivity index (χ4n) is 4.55. The van der Waals surface area contributed by atoms with Crippen molar-refractivity contribution in [2.24, 2.45) is 21.0 Å². The Morgan fingerprint density at radius 2 is 2.03 bits per heavy atom. The van der Waals surface area contributed by atoms with E-state index in [1.54, 1.807) is 31.7 Å². The van der Waals surface area contributed by atoms with Gasteiger partial charge in [-0.05, 0) is 59.7 Å². The molecule has 2 heterocycles. The molecule has 0 saturated carbocycles. The minimum atomic E-state index is -0.252. The number of rotatable bonds is 10. The quantitative estimate of drug-likeness (QED) is 0.304. The molecule has 2 aromatic carbocycles. The molecule has 0 amide bonds. The SMILES string of the molecule is COCCC(=C[C@@H](C)CN1C=C(c2ccc(F)cc2)CC=N1)C(=O)c1cc(C)ccc1C1CN=CC=N1. The van der Waals surface area contributed by atoms with Crippen molar-refractivity contribution >= 4 is 30.0 Å². The van der Waals surface area contributed by atoms with E-state index < -0.39 is 0 Å². The van der Waals surface area contributed by atoms with Gasteiger partial charge in [0.1, 0.15) is 5.82 Å². The van der Waals surface area contributed by atoms with Gasteiger partial charge in [0.15, 0.2) is 5.78 Å². The second-order valence-corrected chi connectivity index (χ2v) is 9.45. The predicted octanol–water partition coefficient (Wildman–Crippen LogP) is 5.84. The van der Waals surface area contributed by atoms with Crippen molar-refractivity contribution in [3.63, 3.8) is 0 Å². The van der Waals surface area contributed by atoms with Gasteiger partial charge in [0, 0.05) is 50.5 Å². The highest BCUT2D eigenvalue weighted by molar-refractivity contribution is 6.16. The molecule has 0 radical (unpaired) electrons. The summed E-state index contributed by atoms with van der Waals surface area (Å²) < 4.78 is 18.7. The summed E-state index contributed by atoms with van der Waals surface area (Å²) in [5.41, 5.74) is 5.35. The van der Waals surface area contributed by atoms with Crippen LogP contribution in [0.4, 0.5) is 4.39 Å². The van der Waals surface area contributed by atoms with Gasteiger partial charge in [-0.15, -0.1) is 0 Å². The Labute approximate surface area is 218 Å². The standard InChI is InChI=1S/C30H33FN4O2/c1-21-4-9-27(29-18-32-13-14-33-29)28(17-21)30(36)24(11-15-37-3)16-22(2)19-35-20-25(10-12-34-35)23-5-7-26(31)8-6-23/h4-9,12-14,16-17,20,22,29H,10-11,15,18-19H2,1-3H3/t22-,29?/m1/s1. The predicted molar refractivity (Wildman–Crippen MR) is 148 cm³/mol.